The quantitative estimate of drug-likeness (QED) is 0.289. The fourth-order valence-corrected chi connectivity index (χ4v) is 6.39. The number of ether oxygens (including phenoxy) is 2. The minimum atomic E-state index is -1.07. The van der Waals surface area contributed by atoms with E-state index in [1.165, 1.54) is 0 Å². The third kappa shape index (κ3) is 4.99. The standard InChI is InChI=1S/C32H39N5O4/c1-30(2,39)20-27(38)37-16-13-32(14-17-37,21-10-7-6-8-11-21)31(3,26-12-9-15-34-26)29-35-23-19-25(41-5)24(40-4)18-22(23)28(33)36-29/h6-12,15,18-19,34,39H,13-14,16-17,20H2,1-5H3,(H2,33,35,36). The minimum Gasteiger partial charge on any atom is -0.493 e. The number of H-pyrrole nitrogens is 1. The Morgan fingerprint density at radius 2 is 1.68 bits per heavy atom. The molecule has 2 aromatic carbocycles. The number of nitrogens with two attached hydrogens (primary N) is 1. The number of aliphatic hydroxyl groups is 1. The summed E-state index contributed by atoms with van der Waals surface area (Å²) < 4.78 is 11.1. The molecule has 4 aromatic rings. The maximum Gasteiger partial charge on any atom is 0.225 e. The zero-order chi connectivity index (χ0) is 29.4. The molecule has 1 amide bonds. The molecule has 3 heterocycles. The van der Waals surface area contributed by atoms with Gasteiger partial charge in [-0.3, -0.25) is 4.79 Å². The predicted molar refractivity (Wildman–Crippen MR) is 159 cm³/mol. The van der Waals surface area contributed by atoms with Gasteiger partial charge in [-0.25, -0.2) is 9.97 Å². The van der Waals surface area contributed by atoms with Gasteiger partial charge in [-0.15, -0.1) is 0 Å². The van der Waals surface area contributed by atoms with Gasteiger partial charge >= 0.3 is 0 Å². The van der Waals surface area contributed by atoms with Gasteiger partial charge in [0.15, 0.2) is 11.5 Å². The van der Waals surface area contributed by atoms with Crippen LogP contribution >= 0.6 is 0 Å². The first-order valence-electron chi connectivity index (χ1n) is 13.9. The van der Waals surface area contributed by atoms with E-state index in [9.17, 15) is 9.90 Å². The van der Waals surface area contributed by atoms with E-state index < -0.39 is 16.4 Å². The molecule has 1 fully saturated rings. The van der Waals surface area contributed by atoms with Crippen molar-refractivity contribution in [3.8, 4) is 11.5 Å². The van der Waals surface area contributed by atoms with E-state index in [0.29, 0.717) is 60.0 Å². The number of hydrogen-bond donors (Lipinski definition) is 3. The molecular weight excluding hydrogens is 518 g/mol. The van der Waals surface area contributed by atoms with E-state index in [2.05, 4.69) is 30.1 Å². The highest BCUT2D eigenvalue weighted by Gasteiger charge is 2.55. The van der Waals surface area contributed by atoms with Crippen molar-refractivity contribution in [1.82, 2.24) is 19.9 Å². The Balaban J connectivity index is 1.69. The average molecular weight is 558 g/mol. The number of nitrogens with one attached hydrogen (secondary N) is 1. The molecule has 1 saturated heterocycles. The number of methoxy groups -OCH3 is 2. The van der Waals surface area contributed by atoms with Gasteiger partial charge in [0, 0.05) is 41.8 Å². The molecular formula is C32H39N5O4. The first-order chi connectivity index (χ1) is 19.5. The van der Waals surface area contributed by atoms with E-state index in [1.807, 2.05) is 41.4 Å². The van der Waals surface area contributed by atoms with Gasteiger partial charge in [-0.05, 0) is 57.4 Å². The van der Waals surface area contributed by atoms with Crippen LogP contribution in [0.25, 0.3) is 10.9 Å². The highest BCUT2D eigenvalue weighted by Crippen LogP contribution is 2.53. The number of anilines is 1. The van der Waals surface area contributed by atoms with Gasteiger partial charge in [0.1, 0.15) is 11.6 Å². The normalized spacial score (nSPS) is 16.8. The van der Waals surface area contributed by atoms with Crippen LogP contribution in [0, 0.1) is 0 Å². The molecule has 0 aliphatic carbocycles. The first-order valence-corrected chi connectivity index (χ1v) is 13.9. The van der Waals surface area contributed by atoms with Gasteiger partial charge in [0.05, 0.1) is 37.2 Å². The van der Waals surface area contributed by atoms with Crippen molar-refractivity contribution >= 4 is 22.6 Å². The average Bonchev–Trinajstić information content (AvgIpc) is 3.51. The Hall–Kier alpha value is -4.11. The molecule has 9 heteroatoms. The molecule has 0 saturated carbocycles. The number of hydrogen-bond acceptors (Lipinski definition) is 7. The van der Waals surface area contributed by atoms with E-state index >= 15 is 0 Å². The summed E-state index contributed by atoms with van der Waals surface area (Å²) in [6.45, 7) is 6.57. The highest BCUT2D eigenvalue weighted by molar-refractivity contribution is 5.91. The number of nitrogen functional groups attached to an aromatic ring is 1. The summed E-state index contributed by atoms with van der Waals surface area (Å²) in [6.07, 6.45) is 3.32. The molecule has 0 radical (unpaired) electrons. The first kappa shape index (κ1) is 28.4. The zero-order valence-electron chi connectivity index (χ0n) is 24.4. The van der Waals surface area contributed by atoms with Crippen LogP contribution in [0.4, 0.5) is 5.82 Å². The number of nitrogens with zero attached hydrogens (tertiary/aromatic N) is 3. The summed E-state index contributed by atoms with van der Waals surface area (Å²) in [7, 11) is 3.18. The Bertz CT molecular complexity index is 1520. The second-order valence-electron chi connectivity index (χ2n) is 11.7. The number of aromatic amines is 1. The molecule has 5 rings (SSSR count). The second kappa shape index (κ2) is 10.7. The number of aromatic nitrogens is 3. The van der Waals surface area contributed by atoms with E-state index in [-0.39, 0.29) is 12.3 Å². The number of fused-ring (bicyclic) bond motifs is 1. The minimum absolute atomic E-state index is 0.0482. The number of amides is 1. The third-order valence-electron chi connectivity index (χ3n) is 8.65. The van der Waals surface area contributed by atoms with Crippen LogP contribution in [0.2, 0.25) is 0 Å². The number of carbonyl (C=O) groups is 1. The molecule has 4 N–H and O–H groups in total. The molecule has 0 bridgehead atoms. The van der Waals surface area contributed by atoms with Gasteiger partial charge < -0.3 is 30.2 Å². The van der Waals surface area contributed by atoms with Crippen LogP contribution in [0.1, 0.15) is 57.1 Å². The molecule has 9 nitrogen and oxygen atoms in total. The third-order valence-corrected chi connectivity index (χ3v) is 8.65. The van der Waals surface area contributed by atoms with Crippen molar-refractivity contribution in [2.45, 2.75) is 56.5 Å². The van der Waals surface area contributed by atoms with Gasteiger partial charge in [-0.2, -0.15) is 0 Å². The van der Waals surface area contributed by atoms with Crippen molar-refractivity contribution in [3.05, 3.63) is 77.9 Å². The molecule has 1 aliphatic heterocycles. The molecule has 0 spiro atoms. The van der Waals surface area contributed by atoms with Crippen LogP contribution in [0.15, 0.2) is 60.8 Å². The molecule has 41 heavy (non-hydrogen) atoms. The lowest BCUT2D eigenvalue weighted by molar-refractivity contribution is -0.137. The maximum absolute atomic E-state index is 13.1. The topological polar surface area (TPSA) is 127 Å². The fraction of sp³-hybridized carbons (Fsp3) is 0.406. The monoisotopic (exact) mass is 557 g/mol. The van der Waals surface area contributed by atoms with Crippen molar-refractivity contribution in [1.29, 1.82) is 0 Å². The molecule has 2 aromatic heterocycles. The Morgan fingerprint density at radius 1 is 1.02 bits per heavy atom. The summed E-state index contributed by atoms with van der Waals surface area (Å²) in [5, 5.41) is 11.0. The van der Waals surface area contributed by atoms with Crippen LogP contribution in [0.5, 0.6) is 11.5 Å². The Labute approximate surface area is 240 Å². The van der Waals surface area contributed by atoms with Gasteiger partial charge in [0.2, 0.25) is 5.91 Å². The Kier molecular flexibility index (Phi) is 7.42. The summed E-state index contributed by atoms with van der Waals surface area (Å²) in [6, 6.07) is 18.1. The second-order valence-corrected chi connectivity index (χ2v) is 11.7. The lowest BCUT2D eigenvalue weighted by Gasteiger charge is -2.52. The number of carbonyl (C=O) groups excluding carboxylic acids is 1. The van der Waals surface area contributed by atoms with Crippen molar-refractivity contribution in [3.63, 3.8) is 0 Å². The summed E-state index contributed by atoms with van der Waals surface area (Å²) >= 11 is 0. The molecule has 216 valence electrons. The van der Waals surface area contributed by atoms with Crippen molar-refractivity contribution in [2.75, 3.05) is 33.0 Å². The molecule has 1 aliphatic rings. The lowest BCUT2D eigenvalue weighted by atomic mass is 9.54. The predicted octanol–water partition coefficient (Wildman–Crippen LogP) is 4.58. The van der Waals surface area contributed by atoms with Gasteiger partial charge in [-0.1, -0.05) is 30.3 Å². The van der Waals surface area contributed by atoms with Crippen LogP contribution in [-0.4, -0.2) is 63.8 Å². The van der Waals surface area contributed by atoms with E-state index in [1.54, 1.807) is 34.1 Å². The van der Waals surface area contributed by atoms with E-state index in [0.717, 1.165) is 11.3 Å². The smallest absolute Gasteiger partial charge is 0.225 e. The molecule has 1 unspecified atom stereocenters. The number of rotatable bonds is 8. The summed E-state index contributed by atoms with van der Waals surface area (Å²) in [4.78, 5) is 28.5. The summed E-state index contributed by atoms with van der Waals surface area (Å²) in [5.41, 5.74) is 7.07. The number of piperidine rings is 1. The van der Waals surface area contributed by atoms with Crippen molar-refractivity contribution in [2.24, 2.45) is 0 Å². The lowest BCUT2D eigenvalue weighted by Crippen LogP contribution is -2.56. The highest BCUT2D eigenvalue weighted by atomic mass is 16.5. The van der Waals surface area contributed by atoms with Crippen LogP contribution < -0.4 is 15.2 Å². The largest absolute Gasteiger partial charge is 0.493 e. The SMILES string of the molecule is COc1cc2nc(C(C)(c3ccc[nH]3)C3(c4ccccc4)CCN(C(=O)CC(C)(C)O)CC3)nc(N)c2cc1OC. The van der Waals surface area contributed by atoms with Crippen LogP contribution in [0.3, 0.4) is 0 Å². The number of likely N-dealkylation sites (tertiary alicyclic amines) is 1. The summed E-state index contributed by atoms with van der Waals surface area (Å²) in [5.74, 6) is 2.00. The van der Waals surface area contributed by atoms with Crippen molar-refractivity contribution < 1.29 is 19.4 Å². The van der Waals surface area contributed by atoms with Crippen LogP contribution in [-0.2, 0) is 15.6 Å². The fourth-order valence-electron chi connectivity index (χ4n) is 6.39. The molecule has 1 atom stereocenters. The maximum atomic E-state index is 13.1. The number of benzene rings is 2. The zero-order valence-corrected chi connectivity index (χ0v) is 24.4. The van der Waals surface area contributed by atoms with Gasteiger partial charge in [0.25, 0.3) is 0 Å². The Morgan fingerprint density at radius 3 is 2.27 bits per heavy atom. The van der Waals surface area contributed by atoms with E-state index in [4.69, 9.17) is 25.2 Å².